The highest BCUT2D eigenvalue weighted by Gasteiger charge is 2.37. The Kier molecular flexibility index (Phi) is 6.09. The van der Waals surface area contributed by atoms with E-state index in [0.29, 0.717) is 12.8 Å². The molecule has 1 atom stereocenters. The van der Waals surface area contributed by atoms with Crippen molar-refractivity contribution in [1.82, 2.24) is 0 Å². The number of hydrogen-bond donors (Lipinski definition) is 0. The molecule has 0 amide bonds. The molecule has 0 radical (unpaired) electrons. The van der Waals surface area contributed by atoms with Gasteiger partial charge < -0.3 is 9.53 Å². The highest BCUT2D eigenvalue weighted by atomic mass is 28.3. The van der Waals surface area contributed by atoms with Crippen molar-refractivity contribution in [2.45, 2.75) is 57.8 Å². The highest BCUT2D eigenvalue weighted by Crippen LogP contribution is 2.41. The third-order valence-corrected chi connectivity index (χ3v) is 9.60. The monoisotopic (exact) mass is 258 g/mol. The number of esters is 1. The molecule has 4 heteroatoms. The van der Waals surface area contributed by atoms with E-state index in [9.17, 15) is 9.59 Å². The van der Waals surface area contributed by atoms with E-state index in [4.69, 9.17) is 0 Å². The number of aldehydes is 1. The van der Waals surface area contributed by atoms with Gasteiger partial charge in [-0.05, 0) is 11.0 Å². The molecule has 0 rings (SSSR count). The lowest BCUT2D eigenvalue weighted by molar-refractivity contribution is -0.141. The van der Waals surface area contributed by atoms with E-state index in [0.717, 1.165) is 12.3 Å². The Hall–Kier alpha value is -0.643. The van der Waals surface area contributed by atoms with Crippen molar-refractivity contribution in [3.05, 3.63) is 0 Å². The molecule has 0 unspecified atom stereocenters. The van der Waals surface area contributed by atoms with Gasteiger partial charge in [-0.2, -0.15) is 0 Å². The highest BCUT2D eigenvalue weighted by molar-refractivity contribution is 6.80. The van der Waals surface area contributed by atoms with Crippen LogP contribution in [0.3, 0.4) is 0 Å². The zero-order valence-corrected chi connectivity index (χ0v) is 13.0. The van der Waals surface area contributed by atoms with Crippen LogP contribution in [0.5, 0.6) is 0 Å². The minimum Gasteiger partial charge on any atom is -0.469 e. The first-order valence-electron chi connectivity index (χ1n) is 6.14. The van der Waals surface area contributed by atoms with Crippen molar-refractivity contribution < 1.29 is 14.3 Å². The van der Waals surface area contributed by atoms with Gasteiger partial charge in [0.25, 0.3) is 0 Å². The number of methoxy groups -OCH3 is 1. The summed E-state index contributed by atoms with van der Waals surface area (Å²) in [4.78, 5) is 22.0. The molecule has 0 aromatic heterocycles. The van der Waals surface area contributed by atoms with Crippen LogP contribution >= 0.6 is 0 Å². The van der Waals surface area contributed by atoms with E-state index in [1.54, 1.807) is 0 Å². The third-order valence-electron chi connectivity index (χ3n) is 3.94. The van der Waals surface area contributed by atoms with Crippen LogP contribution < -0.4 is 0 Å². The molecule has 0 saturated carbocycles. The summed E-state index contributed by atoms with van der Waals surface area (Å²) in [6, 6.07) is 0.990. The summed E-state index contributed by atoms with van der Waals surface area (Å²) < 4.78 is 4.69. The normalized spacial score (nSPS) is 14.2. The summed E-state index contributed by atoms with van der Waals surface area (Å²) >= 11 is 0. The largest absolute Gasteiger partial charge is 0.469 e. The van der Waals surface area contributed by atoms with Crippen LogP contribution in [0.4, 0.5) is 0 Å². The van der Waals surface area contributed by atoms with Crippen molar-refractivity contribution in [2.24, 2.45) is 5.92 Å². The SMILES string of the molecule is COC(=O)C[C@@H](CC=O)C[Si](C)(C)C(C)(C)C. The zero-order valence-electron chi connectivity index (χ0n) is 12.0. The van der Waals surface area contributed by atoms with Gasteiger partial charge in [0, 0.05) is 12.8 Å². The van der Waals surface area contributed by atoms with Crippen molar-refractivity contribution >= 4 is 20.3 Å². The van der Waals surface area contributed by atoms with E-state index < -0.39 is 8.07 Å². The average molecular weight is 258 g/mol. The Morgan fingerprint density at radius 2 is 1.88 bits per heavy atom. The minimum atomic E-state index is -1.45. The van der Waals surface area contributed by atoms with Gasteiger partial charge in [-0.15, -0.1) is 0 Å². The fourth-order valence-electron chi connectivity index (χ4n) is 1.72. The Morgan fingerprint density at radius 3 is 2.24 bits per heavy atom. The second-order valence-electron chi connectivity index (χ2n) is 6.39. The van der Waals surface area contributed by atoms with Crippen LogP contribution in [-0.4, -0.2) is 27.4 Å². The maximum Gasteiger partial charge on any atom is 0.305 e. The van der Waals surface area contributed by atoms with Gasteiger partial charge in [-0.3, -0.25) is 4.79 Å². The molecule has 0 bridgehead atoms. The van der Waals surface area contributed by atoms with Gasteiger partial charge in [0.2, 0.25) is 0 Å². The van der Waals surface area contributed by atoms with E-state index in [1.807, 2.05) is 0 Å². The van der Waals surface area contributed by atoms with Crippen molar-refractivity contribution in [3.8, 4) is 0 Å². The minimum absolute atomic E-state index is 0.140. The fraction of sp³-hybridized carbons (Fsp3) is 0.846. The molecule has 3 nitrogen and oxygen atoms in total. The number of ether oxygens (including phenoxy) is 1. The molecule has 100 valence electrons. The number of hydrogen-bond acceptors (Lipinski definition) is 3. The molecule has 0 aliphatic rings. The summed E-state index contributed by atoms with van der Waals surface area (Å²) in [6.07, 6.45) is 1.74. The first-order valence-corrected chi connectivity index (χ1v) is 9.35. The fourth-order valence-corrected chi connectivity index (χ4v) is 4.09. The molecule has 0 aliphatic carbocycles. The molecule has 0 N–H and O–H groups in total. The van der Waals surface area contributed by atoms with Crippen LogP contribution in [-0.2, 0) is 14.3 Å². The maximum absolute atomic E-state index is 11.3. The van der Waals surface area contributed by atoms with Gasteiger partial charge in [0.1, 0.15) is 6.29 Å². The summed E-state index contributed by atoms with van der Waals surface area (Å²) in [5.41, 5.74) is 0. The summed E-state index contributed by atoms with van der Waals surface area (Å²) in [7, 11) is -0.0560. The van der Waals surface area contributed by atoms with E-state index in [-0.39, 0.29) is 16.9 Å². The summed E-state index contributed by atoms with van der Waals surface area (Å²) in [6.45, 7) is 11.4. The van der Waals surface area contributed by atoms with Crippen LogP contribution in [0.2, 0.25) is 24.2 Å². The Balaban J connectivity index is 4.64. The summed E-state index contributed by atoms with van der Waals surface area (Å²) in [5, 5.41) is 0.282. The predicted octanol–water partition coefficient (Wildman–Crippen LogP) is 3.26. The van der Waals surface area contributed by atoms with E-state index >= 15 is 0 Å². The van der Waals surface area contributed by atoms with Crippen molar-refractivity contribution in [2.75, 3.05) is 7.11 Å². The van der Waals surface area contributed by atoms with Gasteiger partial charge in [-0.1, -0.05) is 39.9 Å². The lowest BCUT2D eigenvalue weighted by atomic mass is 10.1. The maximum atomic E-state index is 11.3. The van der Waals surface area contributed by atoms with Crippen LogP contribution in [0, 0.1) is 5.92 Å². The van der Waals surface area contributed by atoms with Crippen molar-refractivity contribution in [3.63, 3.8) is 0 Å². The molecule has 0 saturated heterocycles. The topological polar surface area (TPSA) is 43.4 Å². The molecule has 0 aromatic rings. The zero-order chi connectivity index (χ0) is 13.7. The second kappa shape index (κ2) is 6.33. The number of rotatable bonds is 6. The first kappa shape index (κ1) is 16.4. The molecule has 0 heterocycles. The average Bonchev–Trinajstić information content (AvgIpc) is 2.15. The molecule has 0 spiro atoms. The van der Waals surface area contributed by atoms with E-state index in [1.165, 1.54) is 7.11 Å². The van der Waals surface area contributed by atoms with Gasteiger partial charge in [0.05, 0.1) is 15.2 Å². The molecule has 0 aliphatic heterocycles. The standard InChI is InChI=1S/C13H26O3Si/c1-13(2,3)17(5,6)10-11(7-8-14)9-12(15)16-4/h8,11H,7,9-10H2,1-6H3/t11-/m1/s1. The Bertz CT molecular complexity index is 266. The number of carbonyl (C=O) groups is 2. The lowest BCUT2D eigenvalue weighted by Gasteiger charge is -2.39. The van der Waals surface area contributed by atoms with Crippen LogP contribution in [0.1, 0.15) is 33.6 Å². The van der Waals surface area contributed by atoms with Crippen LogP contribution in [0.15, 0.2) is 0 Å². The van der Waals surface area contributed by atoms with Crippen molar-refractivity contribution in [1.29, 1.82) is 0 Å². The predicted molar refractivity (Wildman–Crippen MR) is 72.8 cm³/mol. The number of carbonyl (C=O) groups excluding carboxylic acids is 2. The molecular formula is C13H26O3Si. The van der Waals surface area contributed by atoms with Gasteiger partial charge in [0.15, 0.2) is 0 Å². The Morgan fingerprint density at radius 1 is 1.35 bits per heavy atom. The molecular weight excluding hydrogens is 232 g/mol. The Labute approximate surface area is 106 Å². The second-order valence-corrected chi connectivity index (χ2v) is 12.1. The molecule has 0 fully saturated rings. The quantitative estimate of drug-likeness (QED) is 0.417. The molecule has 17 heavy (non-hydrogen) atoms. The van der Waals surface area contributed by atoms with Gasteiger partial charge in [-0.25, -0.2) is 0 Å². The van der Waals surface area contributed by atoms with E-state index in [2.05, 4.69) is 38.6 Å². The first-order chi connectivity index (χ1) is 7.64. The third kappa shape index (κ3) is 5.48. The lowest BCUT2D eigenvalue weighted by Crippen LogP contribution is -2.39. The smallest absolute Gasteiger partial charge is 0.305 e. The van der Waals surface area contributed by atoms with Gasteiger partial charge >= 0.3 is 5.97 Å². The molecule has 0 aromatic carbocycles. The van der Waals surface area contributed by atoms with Crippen LogP contribution in [0.25, 0.3) is 0 Å². The summed E-state index contributed by atoms with van der Waals surface area (Å²) in [5.74, 6) is -0.0728.